The normalized spacial score (nSPS) is 10.4. The van der Waals surface area contributed by atoms with Gasteiger partial charge in [-0.25, -0.2) is 0 Å². The fourth-order valence-electron chi connectivity index (χ4n) is 1.12. The highest BCUT2D eigenvalue weighted by molar-refractivity contribution is 6.33. The number of anilines is 2. The lowest BCUT2D eigenvalue weighted by Gasteiger charge is -2.00. The lowest BCUT2D eigenvalue weighted by Crippen LogP contribution is -1.88. The molecular weight excluding hydrogens is 202 g/mol. The lowest BCUT2D eigenvalue weighted by molar-refractivity contribution is 1.10. The van der Waals surface area contributed by atoms with E-state index in [9.17, 15) is 0 Å². The minimum Gasteiger partial charge on any atom is -0.399 e. The summed E-state index contributed by atoms with van der Waals surface area (Å²) in [6, 6.07) is 5.12. The van der Waals surface area contributed by atoms with Crippen molar-refractivity contribution < 1.29 is 0 Å². The zero-order valence-electron chi connectivity index (χ0n) is 7.16. The molecule has 2 aromatic rings. The minimum atomic E-state index is 0.179. The predicted molar refractivity (Wildman–Crippen MR) is 55.7 cm³/mol. The number of hydrogen-bond donors (Lipinski definition) is 3. The van der Waals surface area contributed by atoms with Gasteiger partial charge in [-0.2, -0.15) is 4.98 Å². The molecule has 1 heterocycles. The number of nitrogens with one attached hydrogen (secondary N) is 1. The number of H-pyrrole nitrogens is 1. The minimum absolute atomic E-state index is 0.179. The van der Waals surface area contributed by atoms with Crippen molar-refractivity contribution in [3.05, 3.63) is 23.2 Å². The fraction of sp³-hybridized carbons (Fsp3) is 0. The molecule has 0 radical (unpaired) electrons. The zero-order chi connectivity index (χ0) is 10.1. The SMILES string of the molecule is Nc1ccc(Cl)c(-c2nc(N)n[nH]2)c1. The van der Waals surface area contributed by atoms with Crippen LogP contribution in [0.25, 0.3) is 11.4 Å². The van der Waals surface area contributed by atoms with Crippen LogP contribution in [0.3, 0.4) is 0 Å². The summed E-state index contributed by atoms with van der Waals surface area (Å²) in [5.41, 5.74) is 12.3. The van der Waals surface area contributed by atoms with Gasteiger partial charge in [-0.15, -0.1) is 5.10 Å². The third-order valence-electron chi connectivity index (χ3n) is 1.75. The van der Waals surface area contributed by atoms with E-state index in [4.69, 9.17) is 23.1 Å². The molecule has 2 rings (SSSR count). The van der Waals surface area contributed by atoms with E-state index in [1.54, 1.807) is 18.2 Å². The highest BCUT2D eigenvalue weighted by Gasteiger charge is 2.07. The van der Waals surface area contributed by atoms with Crippen molar-refractivity contribution in [2.75, 3.05) is 11.5 Å². The average Bonchev–Trinajstić information content (AvgIpc) is 2.56. The molecule has 0 aliphatic heterocycles. The number of aromatic nitrogens is 3. The van der Waals surface area contributed by atoms with E-state index < -0.39 is 0 Å². The number of nitrogens with zero attached hydrogens (tertiary/aromatic N) is 2. The lowest BCUT2D eigenvalue weighted by atomic mass is 10.2. The van der Waals surface area contributed by atoms with Crippen LogP contribution in [0.5, 0.6) is 0 Å². The second-order valence-corrected chi connectivity index (χ2v) is 3.19. The van der Waals surface area contributed by atoms with Gasteiger partial charge in [0.05, 0.1) is 5.02 Å². The van der Waals surface area contributed by atoms with Gasteiger partial charge in [0, 0.05) is 11.3 Å². The molecule has 0 amide bonds. The Bertz CT molecular complexity index is 465. The molecule has 6 heteroatoms. The molecule has 1 aromatic heterocycles. The summed E-state index contributed by atoms with van der Waals surface area (Å²) in [6.45, 7) is 0. The van der Waals surface area contributed by atoms with Crippen LogP contribution in [0.4, 0.5) is 11.6 Å². The number of hydrogen-bond acceptors (Lipinski definition) is 4. The highest BCUT2D eigenvalue weighted by atomic mass is 35.5. The molecule has 72 valence electrons. The summed E-state index contributed by atoms with van der Waals surface area (Å²) in [4.78, 5) is 3.95. The number of halogens is 1. The fourth-order valence-corrected chi connectivity index (χ4v) is 1.33. The maximum absolute atomic E-state index is 5.96. The first-order chi connectivity index (χ1) is 6.66. The van der Waals surface area contributed by atoms with E-state index in [2.05, 4.69) is 15.2 Å². The topological polar surface area (TPSA) is 93.6 Å². The van der Waals surface area contributed by atoms with Crippen LogP contribution in [0.15, 0.2) is 18.2 Å². The Labute approximate surface area is 85.1 Å². The molecule has 0 fully saturated rings. The van der Waals surface area contributed by atoms with Gasteiger partial charge in [0.1, 0.15) is 0 Å². The summed E-state index contributed by atoms with van der Waals surface area (Å²) in [5.74, 6) is 0.693. The number of rotatable bonds is 1. The van der Waals surface area contributed by atoms with Crippen LogP contribution in [0, 0.1) is 0 Å². The molecule has 0 atom stereocenters. The van der Waals surface area contributed by atoms with E-state index in [1.165, 1.54) is 0 Å². The van der Waals surface area contributed by atoms with Gasteiger partial charge < -0.3 is 11.5 Å². The van der Waals surface area contributed by atoms with E-state index in [-0.39, 0.29) is 5.95 Å². The molecule has 0 spiro atoms. The van der Waals surface area contributed by atoms with E-state index >= 15 is 0 Å². The molecule has 0 saturated heterocycles. The first-order valence-corrected chi connectivity index (χ1v) is 4.28. The summed E-state index contributed by atoms with van der Waals surface area (Å²) in [5, 5.41) is 6.92. The Balaban J connectivity index is 2.55. The van der Waals surface area contributed by atoms with E-state index in [0.717, 1.165) is 0 Å². The first-order valence-electron chi connectivity index (χ1n) is 3.90. The summed E-state index contributed by atoms with van der Waals surface area (Å²) >= 11 is 5.96. The Hall–Kier alpha value is -1.75. The monoisotopic (exact) mass is 209 g/mol. The standard InChI is InChI=1S/C8H8ClN5/c9-6-2-1-4(10)3-5(6)7-12-8(11)14-13-7/h1-3H,10H2,(H3,11,12,13,14). The first kappa shape index (κ1) is 8.83. The van der Waals surface area contributed by atoms with Gasteiger partial charge in [-0.3, -0.25) is 5.10 Å². The molecule has 0 saturated carbocycles. The maximum atomic E-state index is 5.96. The van der Waals surface area contributed by atoms with Crippen molar-refractivity contribution in [1.82, 2.24) is 15.2 Å². The van der Waals surface area contributed by atoms with Crippen LogP contribution >= 0.6 is 11.6 Å². The maximum Gasteiger partial charge on any atom is 0.239 e. The zero-order valence-corrected chi connectivity index (χ0v) is 7.92. The molecule has 0 bridgehead atoms. The largest absolute Gasteiger partial charge is 0.399 e. The number of nitrogens with two attached hydrogens (primary N) is 2. The summed E-state index contributed by atoms with van der Waals surface area (Å²) in [7, 11) is 0. The Kier molecular flexibility index (Phi) is 2.01. The van der Waals surface area contributed by atoms with Crippen LogP contribution in [0.2, 0.25) is 5.02 Å². The third-order valence-corrected chi connectivity index (χ3v) is 2.08. The van der Waals surface area contributed by atoms with Crippen molar-refractivity contribution in [3.63, 3.8) is 0 Å². The number of nitrogen functional groups attached to an aromatic ring is 2. The molecule has 1 aromatic carbocycles. The molecule has 5 nitrogen and oxygen atoms in total. The van der Waals surface area contributed by atoms with Gasteiger partial charge in [-0.05, 0) is 18.2 Å². The molecular formula is C8H8ClN5. The van der Waals surface area contributed by atoms with Gasteiger partial charge >= 0.3 is 0 Å². The van der Waals surface area contributed by atoms with Crippen molar-refractivity contribution in [1.29, 1.82) is 0 Å². The van der Waals surface area contributed by atoms with E-state index in [0.29, 0.717) is 22.1 Å². The van der Waals surface area contributed by atoms with Crippen LogP contribution in [0.1, 0.15) is 0 Å². The summed E-state index contributed by atoms with van der Waals surface area (Å²) < 4.78 is 0. The number of benzene rings is 1. The van der Waals surface area contributed by atoms with Gasteiger partial charge in [0.25, 0.3) is 0 Å². The quantitative estimate of drug-likeness (QED) is 0.617. The Morgan fingerprint density at radius 3 is 2.71 bits per heavy atom. The molecule has 14 heavy (non-hydrogen) atoms. The molecule has 0 aliphatic carbocycles. The predicted octanol–water partition coefficient (Wildman–Crippen LogP) is 1.29. The van der Waals surface area contributed by atoms with Crippen LogP contribution < -0.4 is 11.5 Å². The molecule has 5 N–H and O–H groups in total. The number of aromatic amines is 1. The second-order valence-electron chi connectivity index (χ2n) is 2.78. The van der Waals surface area contributed by atoms with Crippen LogP contribution in [-0.4, -0.2) is 15.2 Å². The van der Waals surface area contributed by atoms with Crippen LogP contribution in [-0.2, 0) is 0 Å². The third kappa shape index (κ3) is 1.49. The Morgan fingerprint density at radius 1 is 1.29 bits per heavy atom. The summed E-state index contributed by atoms with van der Waals surface area (Å²) in [6.07, 6.45) is 0. The van der Waals surface area contributed by atoms with Crippen molar-refractivity contribution in [2.24, 2.45) is 0 Å². The van der Waals surface area contributed by atoms with Gasteiger partial charge in [0.2, 0.25) is 5.95 Å². The van der Waals surface area contributed by atoms with Crippen molar-refractivity contribution >= 4 is 23.2 Å². The van der Waals surface area contributed by atoms with Gasteiger partial charge in [0.15, 0.2) is 5.82 Å². The van der Waals surface area contributed by atoms with Crippen molar-refractivity contribution in [2.45, 2.75) is 0 Å². The second kappa shape index (κ2) is 3.19. The highest BCUT2D eigenvalue weighted by Crippen LogP contribution is 2.27. The van der Waals surface area contributed by atoms with Crippen molar-refractivity contribution in [3.8, 4) is 11.4 Å². The van der Waals surface area contributed by atoms with Gasteiger partial charge in [-0.1, -0.05) is 11.6 Å². The smallest absolute Gasteiger partial charge is 0.239 e. The van der Waals surface area contributed by atoms with E-state index in [1.807, 2.05) is 0 Å². The molecule has 0 aliphatic rings. The average molecular weight is 210 g/mol. The Morgan fingerprint density at radius 2 is 2.07 bits per heavy atom. The molecule has 0 unspecified atom stereocenters.